The Hall–Kier alpha value is -1.46. The summed E-state index contributed by atoms with van der Waals surface area (Å²) in [5.41, 5.74) is 1.49. The van der Waals surface area contributed by atoms with Gasteiger partial charge in [0, 0.05) is 17.9 Å². The highest BCUT2D eigenvalue weighted by atomic mass is 32.1. The van der Waals surface area contributed by atoms with Crippen molar-refractivity contribution < 1.29 is 9.53 Å². The van der Waals surface area contributed by atoms with E-state index in [0.29, 0.717) is 10.7 Å². The molecule has 0 bridgehead atoms. The van der Waals surface area contributed by atoms with Crippen LogP contribution in [0.1, 0.15) is 37.0 Å². The summed E-state index contributed by atoms with van der Waals surface area (Å²) in [6.45, 7) is 4.45. The van der Waals surface area contributed by atoms with Crippen LogP contribution in [0.5, 0.6) is 0 Å². The highest BCUT2D eigenvalue weighted by Crippen LogP contribution is 2.16. The van der Waals surface area contributed by atoms with Crippen molar-refractivity contribution in [1.82, 2.24) is 5.32 Å². The van der Waals surface area contributed by atoms with E-state index < -0.39 is 0 Å². The van der Waals surface area contributed by atoms with Crippen molar-refractivity contribution in [3.05, 3.63) is 29.8 Å². The van der Waals surface area contributed by atoms with Gasteiger partial charge in [0.15, 0.2) is 10.9 Å². The lowest BCUT2D eigenvalue weighted by molar-refractivity contribution is 0.0895. The lowest BCUT2D eigenvalue weighted by Gasteiger charge is -2.22. The van der Waals surface area contributed by atoms with E-state index in [1.165, 1.54) is 0 Å². The molecule has 2 unspecified atom stereocenters. The van der Waals surface area contributed by atoms with E-state index in [1.54, 1.807) is 19.1 Å². The minimum Gasteiger partial charge on any atom is -0.376 e. The van der Waals surface area contributed by atoms with Gasteiger partial charge in [-0.15, -0.1) is 0 Å². The van der Waals surface area contributed by atoms with Gasteiger partial charge in [-0.05, 0) is 51.0 Å². The molecule has 0 saturated carbocycles. The van der Waals surface area contributed by atoms with Crippen molar-refractivity contribution in [1.29, 1.82) is 0 Å². The molecule has 1 aliphatic rings. The van der Waals surface area contributed by atoms with Crippen LogP contribution < -0.4 is 10.6 Å². The zero-order valence-electron chi connectivity index (χ0n) is 11.8. The molecule has 1 aliphatic heterocycles. The van der Waals surface area contributed by atoms with Gasteiger partial charge in [-0.25, -0.2) is 0 Å². The molecule has 0 amide bonds. The van der Waals surface area contributed by atoms with E-state index >= 15 is 0 Å². The van der Waals surface area contributed by atoms with Crippen LogP contribution in [0, 0.1) is 0 Å². The van der Waals surface area contributed by atoms with Crippen molar-refractivity contribution in [2.45, 2.75) is 38.8 Å². The Kier molecular flexibility index (Phi) is 5.09. The van der Waals surface area contributed by atoms with Gasteiger partial charge in [-0.1, -0.05) is 12.1 Å². The van der Waals surface area contributed by atoms with Crippen LogP contribution in [-0.4, -0.2) is 29.6 Å². The first kappa shape index (κ1) is 14.9. The third-order valence-electron chi connectivity index (χ3n) is 3.41. The Balaban J connectivity index is 1.90. The summed E-state index contributed by atoms with van der Waals surface area (Å²) in [4.78, 5) is 11.3. The van der Waals surface area contributed by atoms with Gasteiger partial charge in [0.25, 0.3) is 0 Å². The monoisotopic (exact) mass is 292 g/mol. The molecule has 2 N–H and O–H groups in total. The second kappa shape index (κ2) is 6.81. The fraction of sp³-hybridized carbons (Fsp3) is 0.467. The number of carbonyl (C=O) groups excluding carboxylic acids is 1. The molecule has 0 aromatic heterocycles. The molecule has 0 radical (unpaired) electrons. The molecule has 0 spiro atoms. The summed E-state index contributed by atoms with van der Waals surface area (Å²) in [6.07, 6.45) is 2.40. The molecule has 1 fully saturated rings. The number of ether oxygens (including phenoxy) is 1. The van der Waals surface area contributed by atoms with Crippen molar-refractivity contribution in [3.8, 4) is 0 Å². The van der Waals surface area contributed by atoms with Gasteiger partial charge in [0.1, 0.15) is 0 Å². The van der Waals surface area contributed by atoms with Gasteiger partial charge < -0.3 is 15.4 Å². The Bertz CT molecular complexity index is 498. The van der Waals surface area contributed by atoms with Gasteiger partial charge in [0.2, 0.25) is 0 Å². The molecule has 0 aliphatic carbocycles. The van der Waals surface area contributed by atoms with E-state index in [9.17, 15) is 4.79 Å². The summed E-state index contributed by atoms with van der Waals surface area (Å²) in [5.74, 6) is 0.0419. The summed E-state index contributed by atoms with van der Waals surface area (Å²) >= 11 is 5.29. The Morgan fingerprint density at radius 3 is 2.95 bits per heavy atom. The average Bonchev–Trinajstić information content (AvgIpc) is 2.92. The fourth-order valence-electron chi connectivity index (χ4n) is 2.28. The average molecular weight is 292 g/mol. The zero-order valence-corrected chi connectivity index (χ0v) is 12.6. The van der Waals surface area contributed by atoms with E-state index in [4.69, 9.17) is 17.0 Å². The lowest BCUT2D eigenvalue weighted by Crippen LogP contribution is -2.42. The van der Waals surface area contributed by atoms with Gasteiger partial charge >= 0.3 is 0 Å². The lowest BCUT2D eigenvalue weighted by atomic mass is 10.1. The normalized spacial score (nSPS) is 19.4. The van der Waals surface area contributed by atoms with E-state index in [1.807, 2.05) is 12.1 Å². The number of hydrogen-bond donors (Lipinski definition) is 2. The first-order valence-corrected chi connectivity index (χ1v) is 7.27. The van der Waals surface area contributed by atoms with Crippen molar-refractivity contribution in [3.63, 3.8) is 0 Å². The minimum absolute atomic E-state index is 0.0419. The van der Waals surface area contributed by atoms with Gasteiger partial charge in [-0.2, -0.15) is 0 Å². The molecular weight excluding hydrogens is 272 g/mol. The van der Waals surface area contributed by atoms with Crippen LogP contribution >= 0.6 is 12.2 Å². The standard InChI is InChI=1S/C15H20N2O2S/c1-10(14-7-4-8-19-14)16-15(20)17-13-6-3-5-12(9-13)11(2)18/h3,5-6,9-10,14H,4,7-8H2,1-2H3,(H2,16,17,20). The first-order chi connectivity index (χ1) is 9.56. The van der Waals surface area contributed by atoms with Crippen LogP contribution in [0.3, 0.4) is 0 Å². The number of anilines is 1. The molecule has 2 atom stereocenters. The number of benzene rings is 1. The second-order valence-electron chi connectivity index (χ2n) is 5.08. The number of hydrogen-bond acceptors (Lipinski definition) is 3. The number of ketones is 1. The number of Topliss-reactive ketones (excluding diaryl/α,β-unsaturated/α-hetero) is 1. The smallest absolute Gasteiger partial charge is 0.171 e. The molecule has 1 saturated heterocycles. The van der Waals surface area contributed by atoms with Crippen LogP contribution in [0.2, 0.25) is 0 Å². The molecular formula is C15H20N2O2S. The number of thiocarbonyl (C=S) groups is 1. The maximum atomic E-state index is 11.3. The number of nitrogens with one attached hydrogen (secondary N) is 2. The Morgan fingerprint density at radius 1 is 1.50 bits per heavy atom. The van der Waals surface area contributed by atoms with Gasteiger partial charge in [0.05, 0.1) is 12.1 Å². The highest BCUT2D eigenvalue weighted by Gasteiger charge is 2.22. The van der Waals surface area contributed by atoms with Crippen molar-refractivity contribution in [2.24, 2.45) is 0 Å². The fourth-order valence-corrected chi connectivity index (χ4v) is 2.58. The quantitative estimate of drug-likeness (QED) is 0.660. The van der Waals surface area contributed by atoms with E-state index in [2.05, 4.69) is 17.6 Å². The topological polar surface area (TPSA) is 50.4 Å². The largest absolute Gasteiger partial charge is 0.376 e. The zero-order chi connectivity index (χ0) is 14.5. The predicted molar refractivity (Wildman–Crippen MR) is 84.2 cm³/mol. The van der Waals surface area contributed by atoms with E-state index in [0.717, 1.165) is 25.1 Å². The minimum atomic E-state index is 0.0419. The molecule has 1 heterocycles. The maximum Gasteiger partial charge on any atom is 0.171 e. The Labute approximate surface area is 124 Å². The SMILES string of the molecule is CC(=O)c1cccc(NC(=S)NC(C)C2CCCO2)c1. The predicted octanol–water partition coefficient (Wildman–Crippen LogP) is 2.74. The molecule has 108 valence electrons. The van der Waals surface area contributed by atoms with Crippen LogP contribution in [0.25, 0.3) is 0 Å². The molecule has 1 aromatic carbocycles. The third-order valence-corrected chi connectivity index (χ3v) is 3.63. The van der Waals surface area contributed by atoms with Crippen molar-refractivity contribution in [2.75, 3.05) is 11.9 Å². The molecule has 2 rings (SSSR count). The summed E-state index contributed by atoms with van der Waals surface area (Å²) in [5, 5.41) is 6.88. The third kappa shape index (κ3) is 4.02. The number of rotatable bonds is 4. The summed E-state index contributed by atoms with van der Waals surface area (Å²) < 4.78 is 5.62. The highest BCUT2D eigenvalue weighted by molar-refractivity contribution is 7.80. The second-order valence-corrected chi connectivity index (χ2v) is 5.48. The van der Waals surface area contributed by atoms with Crippen LogP contribution in [-0.2, 0) is 4.74 Å². The van der Waals surface area contributed by atoms with E-state index in [-0.39, 0.29) is 17.9 Å². The first-order valence-electron chi connectivity index (χ1n) is 6.86. The van der Waals surface area contributed by atoms with Gasteiger partial charge in [-0.3, -0.25) is 4.79 Å². The molecule has 4 nitrogen and oxygen atoms in total. The molecule has 5 heteroatoms. The molecule has 20 heavy (non-hydrogen) atoms. The number of carbonyl (C=O) groups is 1. The van der Waals surface area contributed by atoms with Crippen LogP contribution in [0.15, 0.2) is 24.3 Å². The Morgan fingerprint density at radius 2 is 2.30 bits per heavy atom. The summed E-state index contributed by atoms with van der Waals surface area (Å²) in [6, 6.07) is 7.49. The van der Waals surface area contributed by atoms with Crippen molar-refractivity contribution >= 4 is 28.8 Å². The summed E-state index contributed by atoms with van der Waals surface area (Å²) in [7, 11) is 0. The molecule has 1 aromatic rings. The maximum absolute atomic E-state index is 11.3. The van der Waals surface area contributed by atoms with Crippen LogP contribution in [0.4, 0.5) is 5.69 Å².